The predicted octanol–water partition coefficient (Wildman–Crippen LogP) is 0.988. The number of carbonyl (C=O) groups is 3. The van der Waals surface area contributed by atoms with Crippen LogP contribution >= 0.6 is 0 Å². The van der Waals surface area contributed by atoms with Gasteiger partial charge in [0, 0.05) is 27.1 Å². The van der Waals surface area contributed by atoms with Gasteiger partial charge in [0.1, 0.15) is 5.75 Å². The number of carbonyl (C=O) groups excluding carboxylic acids is 3. The molecule has 1 fully saturated rings. The molecular formula is C17H22N2O5. The molecule has 0 radical (unpaired) electrons. The fourth-order valence-corrected chi connectivity index (χ4v) is 2.49. The van der Waals surface area contributed by atoms with Crippen LogP contribution in [0, 0.1) is 12.8 Å². The zero-order chi connectivity index (χ0) is 17.9. The molecule has 1 aliphatic rings. The first kappa shape index (κ1) is 17.8. The number of nitrogens with zero attached hydrogens (tertiary/aromatic N) is 2. The smallest absolute Gasteiger partial charge is 0.311 e. The lowest BCUT2D eigenvalue weighted by Crippen LogP contribution is -2.30. The third kappa shape index (κ3) is 3.84. The predicted molar refractivity (Wildman–Crippen MR) is 87.8 cm³/mol. The van der Waals surface area contributed by atoms with Crippen LogP contribution in [-0.4, -0.2) is 57.0 Å². The van der Waals surface area contributed by atoms with Crippen LogP contribution in [0.4, 0.5) is 5.69 Å². The molecule has 1 saturated heterocycles. The van der Waals surface area contributed by atoms with Crippen molar-refractivity contribution in [2.45, 2.75) is 13.3 Å². The number of rotatable bonds is 5. The van der Waals surface area contributed by atoms with Gasteiger partial charge in [-0.2, -0.15) is 0 Å². The van der Waals surface area contributed by atoms with Crippen LogP contribution < -0.4 is 9.64 Å². The van der Waals surface area contributed by atoms with Crippen molar-refractivity contribution in [1.82, 2.24) is 4.90 Å². The van der Waals surface area contributed by atoms with Gasteiger partial charge in [-0.25, -0.2) is 0 Å². The van der Waals surface area contributed by atoms with Crippen molar-refractivity contribution < 1.29 is 23.9 Å². The highest BCUT2D eigenvalue weighted by atomic mass is 16.5. The van der Waals surface area contributed by atoms with E-state index in [1.807, 2.05) is 19.1 Å². The minimum atomic E-state index is -0.585. The fourth-order valence-electron chi connectivity index (χ4n) is 2.49. The summed E-state index contributed by atoms with van der Waals surface area (Å²) in [6.07, 6.45) is 0.0616. The number of likely N-dealkylation sites (N-methyl/N-ethyl adjacent to an activating group) is 1. The Balaban J connectivity index is 2.07. The van der Waals surface area contributed by atoms with E-state index in [1.54, 1.807) is 20.2 Å². The Hall–Kier alpha value is -2.57. The number of anilines is 1. The highest BCUT2D eigenvalue weighted by Crippen LogP contribution is 2.34. The van der Waals surface area contributed by atoms with Gasteiger partial charge in [-0.1, -0.05) is 6.07 Å². The first-order valence-corrected chi connectivity index (χ1v) is 7.65. The summed E-state index contributed by atoms with van der Waals surface area (Å²) in [6, 6.07) is 5.53. The molecule has 0 bridgehead atoms. The van der Waals surface area contributed by atoms with E-state index < -0.39 is 11.9 Å². The summed E-state index contributed by atoms with van der Waals surface area (Å²) < 4.78 is 10.3. The van der Waals surface area contributed by atoms with Gasteiger partial charge in [0.2, 0.25) is 5.91 Å². The van der Waals surface area contributed by atoms with Gasteiger partial charge in [-0.15, -0.1) is 0 Å². The number of amides is 2. The van der Waals surface area contributed by atoms with Crippen LogP contribution in [0.25, 0.3) is 0 Å². The quantitative estimate of drug-likeness (QED) is 0.751. The van der Waals surface area contributed by atoms with E-state index in [0.717, 1.165) is 5.56 Å². The molecule has 1 aromatic carbocycles. The lowest BCUT2D eigenvalue weighted by molar-refractivity contribution is -0.154. The van der Waals surface area contributed by atoms with Crippen LogP contribution in [-0.2, 0) is 19.1 Å². The summed E-state index contributed by atoms with van der Waals surface area (Å²) in [5.41, 5.74) is 1.63. The number of methoxy groups -OCH3 is 1. The normalized spacial score (nSPS) is 16.9. The molecule has 1 heterocycles. The first-order chi connectivity index (χ1) is 11.3. The Labute approximate surface area is 141 Å². The molecule has 1 atom stereocenters. The molecule has 0 spiro atoms. The third-order valence-corrected chi connectivity index (χ3v) is 3.92. The standard InChI is InChI=1S/C17H22N2O5/c1-11-5-6-14(23-4)13(7-11)19-9-12(8-15(19)20)17(22)24-10-16(21)18(2)3/h5-7,12H,8-10H2,1-4H3/t12-/m0/s1. The zero-order valence-electron chi connectivity index (χ0n) is 14.4. The second-order valence-electron chi connectivity index (χ2n) is 5.98. The van der Waals surface area contributed by atoms with E-state index in [-0.39, 0.29) is 31.4 Å². The molecule has 0 aromatic heterocycles. The maximum atomic E-state index is 12.3. The molecule has 7 nitrogen and oxygen atoms in total. The van der Waals surface area contributed by atoms with Gasteiger partial charge in [-0.05, 0) is 24.6 Å². The molecule has 0 aliphatic carbocycles. The van der Waals surface area contributed by atoms with Crippen LogP contribution in [0.5, 0.6) is 5.75 Å². The van der Waals surface area contributed by atoms with Gasteiger partial charge >= 0.3 is 5.97 Å². The highest BCUT2D eigenvalue weighted by molar-refractivity contribution is 6.00. The second-order valence-corrected chi connectivity index (χ2v) is 5.98. The van der Waals surface area contributed by atoms with Crippen molar-refractivity contribution in [3.05, 3.63) is 23.8 Å². The SMILES string of the molecule is COc1ccc(C)cc1N1C[C@@H](C(=O)OCC(=O)N(C)C)CC1=O. The van der Waals surface area contributed by atoms with Crippen molar-refractivity contribution in [3.8, 4) is 5.75 Å². The zero-order valence-corrected chi connectivity index (χ0v) is 14.4. The molecule has 1 aromatic rings. The van der Waals surface area contributed by atoms with Crippen LogP contribution in [0.15, 0.2) is 18.2 Å². The van der Waals surface area contributed by atoms with Gasteiger partial charge in [-0.3, -0.25) is 14.4 Å². The number of aryl methyl sites for hydroxylation is 1. The number of hydrogen-bond donors (Lipinski definition) is 0. The van der Waals surface area contributed by atoms with Crippen molar-refractivity contribution in [2.24, 2.45) is 5.92 Å². The van der Waals surface area contributed by atoms with E-state index in [0.29, 0.717) is 11.4 Å². The van der Waals surface area contributed by atoms with E-state index in [9.17, 15) is 14.4 Å². The Morgan fingerprint density at radius 2 is 2.04 bits per heavy atom. The number of esters is 1. The van der Waals surface area contributed by atoms with Gasteiger partial charge in [0.15, 0.2) is 6.61 Å². The van der Waals surface area contributed by atoms with Crippen molar-refractivity contribution in [1.29, 1.82) is 0 Å². The molecule has 0 unspecified atom stereocenters. The van der Waals surface area contributed by atoms with Crippen LogP contribution in [0.3, 0.4) is 0 Å². The lowest BCUT2D eigenvalue weighted by Gasteiger charge is -2.20. The van der Waals surface area contributed by atoms with E-state index in [4.69, 9.17) is 9.47 Å². The molecule has 2 rings (SSSR count). The van der Waals surface area contributed by atoms with Gasteiger partial charge in [0.05, 0.1) is 18.7 Å². The summed E-state index contributed by atoms with van der Waals surface area (Å²) in [5.74, 6) is -1.01. The summed E-state index contributed by atoms with van der Waals surface area (Å²) in [4.78, 5) is 38.8. The average molecular weight is 334 g/mol. The minimum Gasteiger partial charge on any atom is -0.495 e. The molecule has 0 N–H and O–H groups in total. The summed E-state index contributed by atoms with van der Waals surface area (Å²) >= 11 is 0. The Kier molecular flexibility index (Phi) is 5.43. The molecule has 24 heavy (non-hydrogen) atoms. The molecule has 7 heteroatoms. The summed E-state index contributed by atoms with van der Waals surface area (Å²) in [6.45, 7) is 1.82. The van der Waals surface area contributed by atoms with Crippen molar-refractivity contribution in [3.63, 3.8) is 0 Å². The Morgan fingerprint density at radius 3 is 2.67 bits per heavy atom. The van der Waals surface area contributed by atoms with Gasteiger partial charge in [0.25, 0.3) is 5.91 Å². The van der Waals surface area contributed by atoms with E-state index in [1.165, 1.54) is 16.9 Å². The lowest BCUT2D eigenvalue weighted by atomic mass is 10.1. The Bertz CT molecular complexity index is 656. The molecule has 1 aliphatic heterocycles. The van der Waals surface area contributed by atoms with E-state index in [2.05, 4.69) is 0 Å². The topological polar surface area (TPSA) is 76.2 Å². The first-order valence-electron chi connectivity index (χ1n) is 7.65. The van der Waals surface area contributed by atoms with Crippen molar-refractivity contribution >= 4 is 23.5 Å². The summed E-state index contributed by atoms with van der Waals surface area (Å²) in [5, 5.41) is 0. The van der Waals surface area contributed by atoms with Gasteiger partial charge < -0.3 is 19.3 Å². The fraction of sp³-hybridized carbons (Fsp3) is 0.471. The Morgan fingerprint density at radius 1 is 1.33 bits per heavy atom. The number of ether oxygens (including phenoxy) is 2. The molecule has 2 amide bonds. The highest BCUT2D eigenvalue weighted by Gasteiger charge is 2.37. The largest absolute Gasteiger partial charge is 0.495 e. The average Bonchev–Trinajstić information content (AvgIpc) is 2.93. The number of benzene rings is 1. The second kappa shape index (κ2) is 7.33. The molecule has 0 saturated carbocycles. The van der Waals surface area contributed by atoms with E-state index >= 15 is 0 Å². The minimum absolute atomic E-state index is 0.0616. The summed E-state index contributed by atoms with van der Waals surface area (Å²) in [7, 11) is 4.70. The van der Waals surface area contributed by atoms with Crippen LogP contribution in [0.2, 0.25) is 0 Å². The maximum Gasteiger partial charge on any atom is 0.311 e. The van der Waals surface area contributed by atoms with Crippen molar-refractivity contribution in [2.75, 3.05) is 39.3 Å². The molecular weight excluding hydrogens is 312 g/mol. The molecule has 130 valence electrons. The maximum absolute atomic E-state index is 12.3. The third-order valence-electron chi connectivity index (χ3n) is 3.92. The monoisotopic (exact) mass is 334 g/mol. The van der Waals surface area contributed by atoms with Crippen LogP contribution in [0.1, 0.15) is 12.0 Å². The number of hydrogen-bond acceptors (Lipinski definition) is 5.